The summed E-state index contributed by atoms with van der Waals surface area (Å²) in [6.45, 7) is 6.07. The molecule has 4 heteroatoms. The molecule has 0 aromatic heterocycles. The number of aryl methyl sites for hydroxylation is 1. The first-order valence-electron chi connectivity index (χ1n) is 8.50. The lowest BCUT2D eigenvalue weighted by molar-refractivity contribution is 0.272. The molecule has 0 amide bonds. The molecule has 0 spiro atoms. The topological polar surface area (TPSA) is 22.1 Å². The highest BCUT2D eigenvalue weighted by molar-refractivity contribution is 5.80. The summed E-state index contributed by atoms with van der Waals surface area (Å²) in [4.78, 5) is 4.53. The van der Waals surface area contributed by atoms with E-state index in [0.29, 0.717) is 0 Å². The fourth-order valence-corrected chi connectivity index (χ4v) is 2.83. The summed E-state index contributed by atoms with van der Waals surface area (Å²) in [6.07, 6.45) is 1.96. The fourth-order valence-electron chi connectivity index (χ4n) is 2.83. The Morgan fingerprint density at radius 3 is 2.08 bits per heavy atom. The molecule has 0 radical (unpaired) electrons. The van der Waals surface area contributed by atoms with Crippen LogP contribution in [0.3, 0.4) is 0 Å². The van der Waals surface area contributed by atoms with Gasteiger partial charge in [-0.2, -0.15) is 5.10 Å². The first kappa shape index (κ1) is 16.4. The maximum Gasteiger partial charge on any atom is 0.0542 e. The molecule has 3 rings (SSSR count). The van der Waals surface area contributed by atoms with Crippen LogP contribution in [0, 0.1) is 6.92 Å². The second-order valence-electron chi connectivity index (χ2n) is 6.51. The van der Waals surface area contributed by atoms with Gasteiger partial charge in [0.25, 0.3) is 0 Å². The molecule has 1 saturated heterocycles. The van der Waals surface area contributed by atoms with Crippen LogP contribution in [0.4, 0.5) is 11.4 Å². The Morgan fingerprint density at radius 2 is 1.50 bits per heavy atom. The van der Waals surface area contributed by atoms with Crippen LogP contribution >= 0.6 is 0 Å². The second-order valence-corrected chi connectivity index (χ2v) is 6.51. The molecule has 2 aromatic carbocycles. The number of hydrogen-bond donors (Lipinski definition) is 0. The van der Waals surface area contributed by atoms with E-state index < -0.39 is 0 Å². The van der Waals surface area contributed by atoms with Crippen molar-refractivity contribution in [3.63, 3.8) is 0 Å². The zero-order chi connectivity index (χ0) is 16.9. The standard InChI is InChI=1S/C20H26N4/c1-17-4-8-20(9-5-17)23-12-14-24(15-13-23)21-16-18-6-10-19(11-7-18)22(2)3/h4-11,16H,12-15H2,1-3H3/b21-16-. The zero-order valence-corrected chi connectivity index (χ0v) is 14.8. The van der Waals surface area contributed by atoms with Crippen molar-refractivity contribution in [3.05, 3.63) is 59.7 Å². The van der Waals surface area contributed by atoms with Crippen LogP contribution in [0.25, 0.3) is 0 Å². The highest BCUT2D eigenvalue weighted by Gasteiger charge is 2.15. The molecule has 1 fully saturated rings. The predicted molar refractivity (Wildman–Crippen MR) is 103 cm³/mol. The molecule has 126 valence electrons. The van der Waals surface area contributed by atoms with E-state index in [1.165, 1.54) is 16.9 Å². The number of benzene rings is 2. The van der Waals surface area contributed by atoms with E-state index in [9.17, 15) is 0 Å². The average molecular weight is 322 g/mol. The molecule has 0 bridgehead atoms. The van der Waals surface area contributed by atoms with E-state index in [0.717, 1.165) is 31.7 Å². The van der Waals surface area contributed by atoms with Gasteiger partial charge in [0.2, 0.25) is 0 Å². The van der Waals surface area contributed by atoms with Crippen LogP contribution in [0.5, 0.6) is 0 Å². The molecular formula is C20H26N4. The molecule has 0 N–H and O–H groups in total. The summed E-state index contributed by atoms with van der Waals surface area (Å²) < 4.78 is 0. The fraction of sp³-hybridized carbons (Fsp3) is 0.350. The molecule has 1 aliphatic heterocycles. The van der Waals surface area contributed by atoms with E-state index in [1.54, 1.807) is 0 Å². The molecule has 0 atom stereocenters. The van der Waals surface area contributed by atoms with Crippen molar-refractivity contribution in [2.24, 2.45) is 5.10 Å². The molecule has 4 nitrogen and oxygen atoms in total. The summed E-state index contributed by atoms with van der Waals surface area (Å²) >= 11 is 0. The smallest absolute Gasteiger partial charge is 0.0542 e. The van der Waals surface area contributed by atoms with Crippen LogP contribution in [0.2, 0.25) is 0 Å². The maximum absolute atomic E-state index is 4.64. The van der Waals surface area contributed by atoms with Gasteiger partial charge in [-0.15, -0.1) is 0 Å². The van der Waals surface area contributed by atoms with Crippen LogP contribution in [0.15, 0.2) is 53.6 Å². The number of hydrogen-bond acceptors (Lipinski definition) is 4. The lowest BCUT2D eigenvalue weighted by Gasteiger charge is -2.34. The third kappa shape index (κ3) is 4.07. The van der Waals surface area contributed by atoms with Crippen LogP contribution in [-0.4, -0.2) is 51.5 Å². The quantitative estimate of drug-likeness (QED) is 0.807. The van der Waals surface area contributed by atoms with Gasteiger partial charge in [0, 0.05) is 38.6 Å². The minimum atomic E-state index is 0.958. The van der Waals surface area contributed by atoms with Crippen molar-refractivity contribution in [1.29, 1.82) is 0 Å². The highest BCUT2D eigenvalue weighted by atomic mass is 15.5. The molecular weight excluding hydrogens is 296 g/mol. The van der Waals surface area contributed by atoms with Gasteiger partial charge in [0.15, 0.2) is 0 Å². The van der Waals surface area contributed by atoms with Crippen LogP contribution in [-0.2, 0) is 0 Å². The molecule has 24 heavy (non-hydrogen) atoms. The highest BCUT2D eigenvalue weighted by Crippen LogP contribution is 2.17. The third-order valence-corrected chi connectivity index (χ3v) is 4.43. The molecule has 0 saturated carbocycles. The Morgan fingerprint density at radius 1 is 0.875 bits per heavy atom. The number of rotatable bonds is 4. The molecule has 1 aliphatic rings. The van der Waals surface area contributed by atoms with E-state index >= 15 is 0 Å². The molecule has 1 heterocycles. The average Bonchev–Trinajstić information content (AvgIpc) is 2.61. The van der Waals surface area contributed by atoms with Crippen molar-refractivity contribution in [2.45, 2.75) is 6.92 Å². The summed E-state index contributed by atoms with van der Waals surface area (Å²) in [7, 11) is 4.10. The minimum absolute atomic E-state index is 0.958. The first-order chi connectivity index (χ1) is 11.6. The van der Waals surface area contributed by atoms with Crippen molar-refractivity contribution in [1.82, 2.24) is 5.01 Å². The summed E-state index contributed by atoms with van der Waals surface area (Å²) in [6, 6.07) is 17.2. The lowest BCUT2D eigenvalue weighted by Crippen LogP contribution is -2.44. The van der Waals surface area contributed by atoms with Gasteiger partial charge in [0.1, 0.15) is 0 Å². The van der Waals surface area contributed by atoms with E-state index in [4.69, 9.17) is 0 Å². The zero-order valence-electron chi connectivity index (χ0n) is 14.8. The van der Waals surface area contributed by atoms with Crippen molar-refractivity contribution < 1.29 is 0 Å². The first-order valence-corrected chi connectivity index (χ1v) is 8.50. The SMILES string of the molecule is Cc1ccc(N2CCN(/N=C\c3ccc(N(C)C)cc3)CC2)cc1. The summed E-state index contributed by atoms with van der Waals surface area (Å²) in [5.74, 6) is 0. The molecule has 0 aliphatic carbocycles. The minimum Gasteiger partial charge on any atom is -0.378 e. The van der Waals surface area contributed by atoms with Gasteiger partial charge in [-0.05, 0) is 36.8 Å². The van der Waals surface area contributed by atoms with Crippen molar-refractivity contribution in [2.75, 3.05) is 50.1 Å². The van der Waals surface area contributed by atoms with Gasteiger partial charge in [0.05, 0.1) is 19.3 Å². The van der Waals surface area contributed by atoms with Crippen LogP contribution < -0.4 is 9.80 Å². The molecule has 2 aromatic rings. The van der Waals surface area contributed by atoms with Crippen molar-refractivity contribution >= 4 is 17.6 Å². The monoisotopic (exact) mass is 322 g/mol. The van der Waals surface area contributed by atoms with E-state index in [2.05, 4.69) is 89.5 Å². The molecule has 0 unspecified atom stereocenters. The van der Waals surface area contributed by atoms with Crippen molar-refractivity contribution in [3.8, 4) is 0 Å². The number of anilines is 2. The van der Waals surface area contributed by atoms with E-state index in [-0.39, 0.29) is 0 Å². The Labute approximate surface area is 145 Å². The number of hydrazone groups is 1. The Kier molecular flexibility index (Phi) is 5.04. The second kappa shape index (κ2) is 7.39. The van der Waals surface area contributed by atoms with Gasteiger partial charge >= 0.3 is 0 Å². The maximum atomic E-state index is 4.64. The Balaban J connectivity index is 1.54. The van der Waals surface area contributed by atoms with E-state index in [1.807, 2.05) is 6.21 Å². The largest absolute Gasteiger partial charge is 0.378 e. The summed E-state index contributed by atoms with van der Waals surface area (Å²) in [5, 5.41) is 6.80. The Bertz CT molecular complexity index is 666. The normalized spacial score (nSPS) is 15.1. The third-order valence-electron chi connectivity index (χ3n) is 4.43. The van der Waals surface area contributed by atoms with Gasteiger partial charge in [-0.3, -0.25) is 5.01 Å². The van der Waals surface area contributed by atoms with Crippen LogP contribution in [0.1, 0.15) is 11.1 Å². The predicted octanol–water partition coefficient (Wildman–Crippen LogP) is 3.22. The van der Waals surface area contributed by atoms with Gasteiger partial charge in [-0.1, -0.05) is 29.8 Å². The Hall–Kier alpha value is -2.49. The lowest BCUT2D eigenvalue weighted by atomic mass is 10.2. The van der Waals surface area contributed by atoms with Gasteiger partial charge < -0.3 is 9.80 Å². The van der Waals surface area contributed by atoms with Gasteiger partial charge in [-0.25, -0.2) is 0 Å². The number of nitrogens with zero attached hydrogens (tertiary/aromatic N) is 4. The summed E-state index contributed by atoms with van der Waals surface area (Å²) in [5.41, 5.74) is 4.96. The number of piperazine rings is 1.